The molecule has 12 heavy (non-hydrogen) atoms. The smallest absolute Gasteiger partial charge is 0.0509 e. The van der Waals surface area contributed by atoms with Crippen LogP contribution in [-0.2, 0) is 0 Å². The van der Waals surface area contributed by atoms with E-state index in [9.17, 15) is 0 Å². The summed E-state index contributed by atoms with van der Waals surface area (Å²) in [5.74, 6) is 0. The van der Waals surface area contributed by atoms with Crippen molar-refractivity contribution in [2.24, 2.45) is 10.3 Å². The van der Waals surface area contributed by atoms with Crippen molar-refractivity contribution < 1.29 is 10.4 Å². The molecule has 0 aromatic carbocycles. The lowest BCUT2D eigenvalue weighted by molar-refractivity contribution is 0.318. The molecule has 0 atom stereocenters. The predicted octanol–water partition coefficient (Wildman–Crippen LogP) is 1.33. The first-order valence-corrected chi connectivity index (χ1v) is 6.32. The van der Waals surface area contributed by atoms with Crippen molar-refractivity contribution in [1.82, 2.24) is 0 Å². The van der Waals surface area contributed by atoms with Crippen LogP contribution >= 0.6 is 0 Å². The van der Waals surface area contributed by atoms with Crippen molar-refractivity contribution >= 4 is 20.9 Å². The Kier molecular flexibility index (Phi) is 11.6. The van der Waals surface area contributed by atoms with Gasteiger partial charge in [-0.1, -0.05) is 16.9 Å². The van der Waals surface area contributed by atoms with Crippen LogP contribution in [0.25, 0.3) is 0 Å². The van der Waals surface area contributed by atoms with Crippen molar-refractivity contribution in [2.75, 3.05) is 0 Å². The lowest BCUT2D eigenvalue weighted by Crippen LogP contribution is -1.92. The Morgan fingerprint density at radius 1 is 1.17 bits per heavy atom. The minimum Gasteiger partial charge on any atom is -0.411 e. The fourth-order valence-corrected chi connectivity index (χ4v) is 1.24. The third-order valence-electron chi connectivity index (χ3n) is 0.983. The lowest BCUT2D eigenvalue weighted by atomic mass is 10.5. The molecule has 0 bridgehead atoms. The van der Waals surface area contributed by atoms with Crippen LogP contribution in [0.15, 0.2) is 10.3 Å². The van der Waals surface area contributed by atoms with Crippen molar-refractivity contribution in [3.05, 3.63) is 0 Å². The Morgan fingerprint density at radius 3 is 1.67 bits per heavy atom. The molecule has 0 rings (SSSR count). The molecule has 4 nitrogen and oxygen atoms in total. The number of nitrogens with zero attached hydrogens (tertiary/aromatic N) is 2. The Balaban J connectivity index is 0. The molecule has 5 heteroatoms. The zero-order valence-corrected chi connectivity index (χ0v) is 9.62. The summed E-state index contributed by atoms with van der Waals surface area (Å²) in [5.41, 5.74) is 1.55. The van der Waals surface area contributed by atoms with Crippen molar-refractivity contribution in [3.8, 4) is 0 Å². The Labute approximate surface area is 75.8 Å². The zero-order valence-electron chi connectivity index (χ0n) is 8.20. The highest BCUT2D eigenvalue weighted by Gasteiger charge is 1.84. The van der Waals surface area contributed by atoms with E-state index < -0.39 is 0 Å². The first kappa shape index (κ1) is 13.7. The van der Waals surface area contributed by atoms with Crippen LogP contribution in [0.3, 0.4) is 0 Å². The molecular formula is C7H18N2O2Si. The summed E-state index contributed by atoms with van der Waals surface area (Å²) in [6.07, 6.45) is 0. The van der Waals surface area contributed by atoms with Crippen LogP contribution in [0.1, 0.15) is 20.8 Å². The number of hydrogen-bond acceptors (Lipinski definition) is 4. The number of rotatable bonds is 2. The second kappa shape index (κ2) is 10.2. The Hall–Kier alpha value is -0.843. The summed E-state index contributed by atoms with van der Waals surface area (Å²) < 4.78 is 0. The fourth-order valence-electron chi connectivity index (χ4n) is 0.412. The first-order chi connectivity index (χ1) is 5.58. The number of hydrogen-bond donors (Lipinski definition) is 2. The quantitative estimate of drug-likeness (QED) is 0.298. The maximum absolute atomic E-state index is 8.08. The molecule has 0 spiro atoms. The topological polar surface area (TPSA) is 65.2 Å². The normalized spacial score (nSPS) is 10.8. The van der Waals surface area contributed by atoms with Crippen molar-refractivity contribution in [2.45, 2.75) is 33.4 Å². The minimum absolute atomic E-state index is 0.0648. The van der Waals surface area contributed by atoms with Gasteiger partial charge in [-0.3, -0.25) is 0 Å². The van der Waals surface area contributed by atoms with Gasteiger partial charge in [-0.05, 0) is 26.8 Å². The first-order valence-electron chi connectivity index (χ1n) is 3.91. The van der Waals surface area contributed by atoms with E-state index in [1.807, 2.05) is 6.92 Å². The second-order valence-electron chi connectivity index (χ2n) is 2.63. The monoisotopic (exact) mass is 190 g/mol. The standard InChI is InChI=1S/C4H11NOSi.C3H7NO/c1-4(5-6)3-7-2;1-3(2)4-5/h6H,3,7H2,1-2H3;5H,1-2H3. The molecule has 0 aromatic heterocycles. The molecule has 72 valence electrons. The Morgan fingerprint density at radius 2 is 1.58 bits per heavy atom. The van der Waals surface area contributed by atoms with Gasteiger partial charge in [0.05, 0.1) is 11.4 Å². The van der Waals surface area contributed by atoms with Gasteiger partial charge in [0.25, 0.3) is 0 Å². The van der Waals surface area contributed by atoms with Gasteiger partial charge in [0.1, 0.15) is 0 Å². The minimum atomic E-state index is 0.0648. The summed E-state index contributed by atoms with van der Waals surface area (Å²) in [4.78, 5) is 0. The third kappa shape index (κ3) is 16.1. The summed E-state index contributed by atoms with van der Waals surface area (Å²) >= 11 is 0. The zero-order chi connectivity index (χ0) is 9.98. The van der Waals surface area contributed by atoms with E-state index in [-0.39, 0.29) is 9.52 Å². The molecule has 0 saturated carbocycles. The highest BCUT2D eigenvalue weighted by atomic mass is 28.2. The molecule has 0 radical (unpaired) electrons. The molecule has 0 saturated heterocycles. The number of oxime groups is 2. The fraction of sp³-hybridized carbons (Fsp3) is 0.714. The molecule has 2 N–H and O–H groups in total. The highest BCUT2D eigenvalue weighted by molar-refractivity contribution is 6.40. The maximum Gasteiger partial charge on any atom is 0.0509 e. The molecule has 0 aliphatic rings. The average Bonchev–Trinajstić information content (AvgIpc) is 2.06. The van der Waals surface area contributed by atoms with Gasteiger partial charge in [-0.15, -0.1) is 0 Å². The van der Waals surface area contributed by atoms with Gasteiger partial charge in [-0.25, -0.2) is 0 Å². The molecular weight excluding hydrogens is 172 g/mol. The van der Waals surface area contributed by atoms with Crippen molar-refractivity contribution in [3.63, 3.8) is 0 Å². The van der Waals surface area contributed by atoms with Gasteiger partial charge in [0, 0.05) is 9.52 Å². The van der Waals surface area contributed by atoms with Gasteiger partial charge in [0.15, 0.2) is 0 Å². The van der Waals surface area contributed by atoms with E-state index in [0.717, 1.165) is 11.8 Å². The van der Waals surface area contributed by atoms with E-state index in [4.69, 9.17) is 10.4 Å². The summed E-state index contributed by atoms with van der Waals surface area (Å²) in [6.45, 7) is 7.48. The van der Waals surface area contributed by atoms with Crippen LogP contribution < -0.4 is 0 Å². The van der Waals surface area contributed by atoms with E-state index in [1.165, 1.54) is 0 Å². The van der Waals surface area contributed by atoms with Crippen LogP contribution in [0.2, 0.25) is 12.6 Å². The summed E-state index contributed by atoms with van der Waals surface area (Å²) in [7, 11) is 0.0648. The predicted molar refractivity (Wildman–Crippen MR) is 54.7 cm³/mol. The van der Waals surface area contributed by atoms with E-state index in [2.05, 4.69) is 16.9 Å². The maximum atomic E-state index is 8.08. The lowest BCUT2D eigenvalue weighted by Gasteiger charge is -1.87. The van der Waals surface area contributed by atoms with E-state index >= 15 is 0 Å². The molecule has 0 heterocycles. The molecule has 0 amide bonds. The van der Waals surface area contributed by atoms with Gasteiger partial charge in [0.2, 0.25) is 0 Å². The van der Waals surface area contributed by atoms with E-state index in [1.54, 1.807) is 13.8 Å². The van der Waals surface area contributed by atoms with E-state index in [0.29, 0.717) is 5.71 Å². The third-order valence-corrected chi connectivity index (χ3v) is 2.21. The van der Waals surface area contributed by atoms with Gasteiger partial charge < -0.3 is 10.4 Å². The molecule has 0 unspecified atom stereocenters. The molecule has 0 fully saturated rings. The largest absolute Gasteiger partial charge is 0.411 e. The van der Waals surface area contributed by atoms with Gasteiger partial charge in [-0.2, -0.15) is 0 Å². The van der Waals surface area contributed by atoms with Crippen LogP contribution in [-0.4, -0.2) is 31.4 Å². The average molecular weight is 190 g/mol. The molecule has 0 aliphatic heterocycles. The Bertz CT molecular complexity index is 153. The molecule has 0 aromatic rings. The van der Waals surface area contributed by atoms with Crippen LogP contribution in [0.5, 0.6) is 0 Å². The highest BCUT2D eigenvalue weighted by Crippen LogP contribution is 1.81. The van der Waals surface area contributed by atoms with Crippen LogP contribution in [0.4, 0.5) is 0 Å². The summed E-state index contributed by atoms with van der Waals surface area (Å²) in [6, 6.07) is 1.04. The SMILES string of the molecule is CC(C)=NO.C[SiH2]CC(C)=NO. The van der Waals surface area contributed by atoms with Crippen LogP contribution in [0, 0.1) is 0 Å². The second-order valence-corrected chi connectivity index (χ2v) is 4.13. The summed E-state index contributed by atoms with van der Waals surface area (Å²) in [5, 5.41) is 21.6. The van der Waals surface area contributed by atoms with Crippen molar-refractivity contribution in [1.29, 1.82) is 0 Å². The molecule has 0 aliphatic carbocycles. The van der Waals surface area contributed by atoms with Gasteiger partial charge >= 0.3 is 0 Å².